The molecule has 0 bridgehead atoms. The van der Waals surface area contributed by atoms with Crippen molar-refractivity contribution in [1.29, 1.82) is 0 Å². The van der Waals surface area contributed by atoms with Gasteiger partial charge in [-0.15, -0.1) is 11.3 Å². The van der Waals surface area contributed by atoms with E-state index < -0.39 is 0 Å². The lowest BCUT2D eigenvalue weighted by Gasteiger charge is -2.34. The Bertz CT molecular complexity index is 428. The van der Waals surface area contributed by atoms with E-state index in [2.05, 4.69) is 30.6 Å². The van der Waals surface area contributed by atoms with E-state index in [1.54, 1.807) is 10.4 Å². The van der Waals surface area contributed by atoms with Gasteiger partial charge in [-0.2, -0.15) is 0 Å². The molecule has 0 amide bonds. The van der Waals surface area contributed by atoms with Crippen molar-refractivity contribution in [3.63, 3.8) is 0 Å². The summed E-state index contributed by atoms with van der Waals surface area (Å²) in [6, 6.07) is 3.00. The molecule has 0 radical (unpaired) electrons. The standard InChI is InChI=1S/C18H29NS/c1-14(2)12-18(9-3-4-10-18)13-19-16-6-5-7-17-15(16)8-11-20-17/h8,11,14,16,19H,3-7,9-10,12-13H2,1-2H3. The van der Waals surface area contributed by atoms with Crippen molar-refractivity contribution in [1.82, 2.24) is 5.32 Å². The molecule has 0 saturated heterocycles. The van der Waals surface area contributed by atoms with Gasteiger partial charge in [0, 0.05) is 17.5 Å². The molecular weight excluding hydrogens is 262 g/mol. The van der Waals surface area contributed by atoms with E-state index in [4.69, 9.17) is 0 Å². The van der Waals surface area contributed by atoms with Gasteiger partial charge in [0.1, 0.15) is 0 Å². The Morgan fingerprint density at radius 1 is 1.30 bits per heavy atom. The molecule has 1 aromatic heterocycles. The van der Waals surface area contributed by atoms with E-state index in [0.29, 0.717) is 11.5 Å². The Kier molecular flexibility index (Phi) is 4.52. The summed E-state index contributed by atoms with van der Waals surface area (Å²) in [5, 5.41) is 6.24. The first-order valence-electron chi connectivity index (χ1n) is 8.48. The monoisotopic (exact) mass is 291 g/mol. The molecule has 2 heteroatoms. The zero-order valence-corrected chi connectivity index (χ0v) is 13.9. The second-order valence-electron chi connectivity index (χ2n) is 7.43. The molecule has 1 unspecified atom stereocenters. The van der Waals surface area contributed by atoms with Crippen molar-refractivity contribution in [2.45, 2.75) is 71.3 Å². The van der Waals surface area contributed by atoms with Crippen LogP contribution in [0.15, 0.2) is 11.4 Å². The SMILES string of the molecule is CC(C)CC1(CNC2CCCc3sccc32)CCCC1. The minimum atomic E-state index is 0.599. The van der Waals surface area contributed by atoms with Crippen molar-refractivity contribution in [3.8, 4) is 0 Å². The number of fused-ring (bicyclic) bond motifs is 1. The summed E-state index contributed by atoms with van der Waals surface area (Å²) in [6.07, 6.45) is 11.2. The first-order valence-corrected chi connectivity index (χ1v) is 9.36. The predicted molar refractivity (Wildman–Crippen MR) is 88.4 cm³/mol. The Labute approximate surface area is 128 Å². The molecule has 0 spiro atoms. The van der Waals surface area contributed by atoms with Crippen molar-refractivity contribution in [2.75, 3.05) is 6.54 Å². The van der Waals surface area contributed by atoms with Crippen LogP contribution in [-0.2, 0) is 6.42 Å². The lowest BCUT2D eigenvalue weighted by Crippen LogP contribution is -2.36. The number of rotatable bonds is 5. The third-order valence-electron chi connectivity index (χ3n) is 5.28. The third kappa shape index (κ3) is 3.12. The summed E-state index contributed by atoms with van der Waals surface area (Å²) in [5.74, 6) is 0.831. The smallest absolute Gasteiger partial charge is 0.0331 e. The molecule has 1 saturated carbocycles. The molecular formula is C18H29NS. The van der Waals surface area contributed by atoms with Gasteiger partial charge < -0.3 is 5.32 Å². The van der Waals surface area contributed by atoms with Crippen LogP contribution in [0.3, 0.4) is 0 Å². The van der Waals surface area contributed by atoms with Crippen molar-refractivity contribution < 1.29 is 0 Å². The van der Waals surface area contributed by atoms with Crippen LogP contribution in [-0.4, -0.2) is 6.54 Å². The van der Waals surface area contributed by atoms with E-state index in [-0.39, 0.29) is 0 Å². The highest BCUT2D eigenvalue weighted by molar-refractivity contribution is 7.10. The summed E-state index contributed by atoms with van der Waals surface area (Å²) in [6.45, 7) is 6.01. The quantitative estimate of drug-likeness (QED) is 0.774. The fourth-order valence-corrected chi connectivity index (χ4v) is 5.47. The minimum Gasteiger partial charge on any atom is -0.309 e. The van der Waals surface area contributed by atoms with E-state index in [0.717, 1.165) is 5.92 Å². The third-order valence-corrected chi connectivity index (χ3v) is 6.28. The van der Waals surface area contributed by atoms with Gasteiger partial charge in [-0.25, -0.2) is 0 Å². The summed E-state index contributed by atoms with van der Waals surface area (Å²) in [4.78, 5) is 1.64. The normalized spacial score (nSPS) is 25.1. The molecule has 1 heterocycles. The topological polar surface area (TPSA) is 12.0 Å². The molecule has 1 atom stereocenters. The molecule has 112 valence electrons. The number of nitrogens with one attached hydrogen (secondary N) is 1. The Balaban J connectivity index is 1.64. The number of aryl methyl sites for hydroxylation is 1. The summed E-state index contributed by atoms with van der Waals surface area (Å²) in [7, 11) is 0. The van der Waals surface area contributed by atoms with Gasteiger partial charge >= 0.3 is 0 Å². The molecule has 1 aromatic rings. The summed E-state index contributed by atoms with van der Waals surface area (Å²) < 4.78 is 0. The number of hydrogen-bond donors (Lipinski definition) is 1. The molecule has 2 aliphatic rings. The number of hydrogen-bond acceptors (Lipinski definition) is 2. The highest BCUT2D eigenvalue weighted by Crippen LogP contribution is 2.43. The largest absolute Gasteiger partial charge is 0.309 e. The highest BCUT2D eigenvalue weighted by atomic mass is 32.1. The molecule has 1 fully saturated rings. The summed E-state index contributed by atoms with van der Waals surface area (Å²) in [5.41, 5.74) is 2.21. The molecule has 1 N–H and O–H groups in total. The van der Waals surface area contributed by atoms with E-state index >= 15 is 0 Å². The van der Waals surface area contributed by atoms with Gasteiger partial charge in [-0.05, 0) is 66.9 Å². The van der Waals surface area contributed by atoms with Crippen LogP contribution in [0.25, 0.3) is 0 Å². The molecule has 3 rings (SSSR count). The van der Waals surface area contributed by atoms with Gasteiger partial charge in [-0.1, -0.05) is 26.7 Å². The number of thiophene rings is 1. The van der Waals surface area contributed by atoms with E-state index in [1.165, 1.54) is 57.9 Å². The fourth-order valence-electron chi connectivity index (χ4n) is 4.48. The second-order valence-corrected chi connectivity index (χ2v) is 8.43. The van der Waals surface area contributed by atoms with Crippen LogP contribution in [0.1, 0.15) is 75.3 Å². The highest BCUT2D eigenvalue weighted by Gasteiger charge is 2.35. The maximum atomic E-state index is 3.96. The molecule has 2 aliphatic carbocycles. The van der Waals surface area contributed by atoms with Crippen LogP contribution >= 0.6 is 11.3 Å². The van der Waals surface area contributed by atoms with Crippen molar-refractivity contribution >= 4 is 11.3 Å². The summed E-state index contributed by atoms with van der Waals surface area (Å²) >= 11 is 1.96. The lowest BCUT2D eigenvalue weighted by molar-refractivity contribution is 0.212. The second kappa shape index (κ2) is 6.19. The van der Waals surface area contributed by atoms with Crippen LogP contribution in [0.5, 0.6) is 0 Å². The minimum absolute atomic E-state index is 0.599. The van der Waals surface area contributed by atoms with Crippen LogP contribution < -0.4 is 5.32 Å². The van der Waals surface area contributed by atoms with Gasteiger partial charge in [0.2, 0.25) is 0 Å². The van der Waals surface area contributed by atoms with Crippen molar-refractivity contribution in [3.05, 3.63) is 21.9 Å². The average molecular weight is 292 g/mol. The van der Waals surface area contributed by atoms with Gasteiger partial charge in [0.15, 0.2) is 0 Å². The van der Waals surface area contributed by atoms with Gasteiger partial charge in [0.25, 0.3) is 0 Å². The van der Waals surface area contributed by atoms with Crippen LogP contribution in [0.2, 0.25) is 0 Å². The molecule has 0 aromatic carbocycles. The molecule has 1 nitrogen and oxygen atoms in total. The van der Waals surface area contributed by atoms with Crippen molar-refractivity contribution in [2.24, 2.45) is 11.3 Å². The zero-order chi connectivity index (χ0) is 14.0. The van der Waals surface area contributed by atoms with Gasteiger partial charge in [-0.3, -0.25) is 0 Å². The first kappa shape index (κ1) is 14.6. The Hall–Kier alpha value is -0.340. The Morgan fingerprint density at radius 2 is 2.10 bits per heavy atom. The fraction of sp³-hybridized carbons (Fsp3) is 0.778. The maximum absolute atomic E-state index is 3.96. The maximum Gasteiger partial charge on any atom is 0.0331 e. The molecule has 0 aliphatic heterocycles. The first-order chi connectivity index (χ1) is 9.69. The van der Waals surface area contributed by atoms with Crippen LogP contribution in [0, 0.1) is 11.3 Å². The van der Waals surface area contributed by atoms with E-state index in [1.807, 2.05) is 11.3 Å². The Morgan fingerprint density at radius 3 is 2.85 bits per heavy atom. The molecule has 20 heavy (non-hydrogen) atoms. The average Bonchev–Trinajstić information content (AvgIpc) is 3.05. The van der Waals surface area contributed by atoms with Crippen LogP contribution in [0.4, 0.5) is 0 Å². The zero-order valence-electron chi connectivity index (χ0n) is 13.1. The van der Waals surface area contributed by atoms with Gasteiger partial charge in [0.05, 0.1) is 0 Å². The predicted octanol–water partition coefficient (Wildman–Crippen LogP) is 5.32. The lowest BCUT2D eigenvalue weighted by atomic mass is 9.78. The van der Waals surface area contributed by atoms with E-state index in [9.17, 15) is 0 Å².